The van der Waals surface area contributed by atoms with E-state index < -0.39 is 0 Å². The van der Waals surface area contributed by atoms with Gasteiger partial charge in [0.15, 0.2) is 5.65 Å². The van der Waals surface area contributed by atoms with Gasteiger partial charge in [0.05, 0.1) is 13.3 Å². The Bertz CT molecular complexity index is 519. The highest BCUT2D eigenvalue weighted by atomic mass is 32.2. The summed E-state index contributed by atoms with van der Waals surface area (Å²) >= 11 is 2.01. The van der Waals surface area contributed by atoms with Crippen LogP contribution in [0.2, 0.25) is 0 Å². The molecular weight excluding hydrogens is 234 g/mol. The molecule has 0 saturated carbocycles. The molecule has 90 valence electrons. The van der Waals surface area contributed by atoms with Crippen LogP contribution in [0.4, 0.5) is 0 Å². The first kappa shape index (κ1) is 10.9. The van der Waals surface area contributed by atoms with Crippen LogP contribution in [0, 0.1) is 0 Å². The van der Waals surface area contributed by atoms with Crippen LogP contribution in [0.25, 0.3) is 5.65 Å². The van der Waals surface area contributed by atoms with Crippen molar-refractivity contribution in [1.29, 1.82) is 0 Å². The van der Waals surface area contributed by atoms with E-state index >= 15 is 0 Å². The third-order valence-corrected chi connectivity index (χ3v) is 4.38. The zero-order chi connectivity index (χ0) is 11.7. The predicted octanol–water partition coefficient (Wildman–Crippen LogP) is 2.35. The van der Waals surface area contributed by atoms with Gasteiger partial charge in [-0.2, -0.15) is 11.8 Å². The molecule has 17 heavy (non-hydrogen) atoms. The van der Waals surface area contributed by atoms with Crippen molar-refractivity contribution >= 4 is 17.4 Å². The Labute approximate surface area is 104 Å². The van der Waals surface area contributed by atoms with E-state index in [-0.39, 0.29) is 0 Å². The van der Waals surface area contributed by atoms with Gasteiger partial charge in [0, 0.05) is 11.7 Å². The molecule has 0 radical (unpaired) electrons. The fourth-order valence-electron chi connectivity index (χ4n) is 2.23. The molecule has 0 N–H and O–H groups in total. The number of nitrogens with zero attached hydrogens (tertiary/aromatic N) is 3. The molecule has 1 aliphatic heterocycles. The SMILES string of the molecule is COc1ccc2nnc(C3CCCSC3)n2c1. The van der Waals surface area contributed by atoms with Crippen LogP contribution in [0.15, 0.2) is 18.3 Å². The molecule has 1 unspecified atom stereocenters. The quantitative estimate of drug-likeness (QED) is 0.819. The van der Waals surface area contributed by atoms with Crippen molar-refractivity contribution < 1.29 is 4.74 Å². The minimum absolute atomic E-state index is 0.524. The van der Waals surface area contributed by atoms with E-state index in [4.69, 9.17) is 4.74 Å². The standard InChI is InChI=1S/C12H15N3OS/c1-16-10-4-5-11-13-14-12(15(11)7-10)9-3-2-6-17-8-9/h4-5,7,9H,2-3,6,8H2,1H3. The van der Waals surface area contributed by atoms with Crippen molar-refractivity contribution in [1.82, 2.24) is 14.6 Å². The predicted molar refractivity (Wildman–Crippen MR) is 68.8 cm³/mol. The van der Waals surface area contributed by atoms with Gasteiger partial charge >= 0.3 is 0 Å². The zero-order valence-corrected chi connectivity index (χ0v) is 10.6. The second-order valence-electron chi connectivity index (χ2n) is 4.27. The maximum Gasteiger partial charge on any atom is 0.161 e. The van der Waals surface area contributed by atoms with Crippen molar-refractivity contribution in [2.45, 2.75) is 18.8 Å². The van der Waals surface area contributed by atoms with Crippen LogP contribution in [0.3, 0.4) is 0 Å². The molecule has 0 aliphatic carbocycles. The third-order valence-electron chi connectivity index (χ3n) is 3.16. The van der Waals surface area contributed by atoms with Gasteiger partial charge in [-0.25, -0.2) is 0 Å². The fourth-order valence-corrected chi connectivity index (χ4v) is 3.37. The maximum absolute atomic E-state index is 5.25. The number of hydrogen-bond acceptors (Lipinski definition) is 4. The number of hydrogen-bond donors (Lipinski definition) is 0. The van der Waals surface area contributed by atoms with Crippen molar-refractivity contribution in [3.05, 3.63) is 24.2 Å². The van der Waals surface area contributed by atoms with Crippen LogP contribution < -0.4 is 4.74 Å². The molecular formula is C12H15N3OS. The number of pyridine rings is 1. The van der Waals surface area contributed by atoms with E-state index in [0.29, 0.717) is 5.92 Å². The van der Waals surface area contributed by atoms with Crippen LogP contribution in [-0.4, -0.2) is 33.2 Å². The van der Waals surface area contributed by atoms with Gasteiger partial charge in [-0.05, 0) is 30.7 Å². The van der Waals surface area contributed by atoms with E-state index in [9.17, 15) is 0 Å². The lowest BCUT2D eigenvalue weighted by Crippen LogP contribution is -2.12. The average Bonchev–Trinajstić information content (AvgIpc) is 2.82. The summed E-state index contributed by atoms with van der Waals surface area (Å²) in [6.07, 6.45) is 4.46. The second-order valence-corrected chi connectivity index (χ2v) is 5.42. The lowest BCUT2D eigenvalue weighted by molar-refractivity contribution is 0.412. The number of fused-ring (bicyclic) bond motifs is 1. The fraction of sp³-hybridized carbons (Fsp3) is 0.500. The van der Waals surface area contributed by atoms with Crippen LogP contribution in [0.5, 0.6) is 5.75 Å². The van der Waals surface area contributed by atoms with E-state index in [0.717, 1.165) is 23.0 Å². The minimum Gasteiger partial charge on any atom is -0.495 e. The molecule has 1 fully saturated rings. The highest BCUT2D eigenvalue weighted by molar-refractivity contribution is 7.99. The van der Waals surface area contributed by atoms with Gasteiger partial charge < -0.3 is 4.74 Å². The first-order chi connectivity index (χ1) is 8.38. The van der Waals surface area contributed by atoms with Crippen molar-refractivity contribution in [2.75, 3.05) is 18.6 Å². The molecule has 0 amide bonds. The lowest BCUT2D eigenvalue weighted by Gasteiger charge is -2.19. The highest BCUT2D eigenvalue weighted by Gasteiger charge is 2.21. The highest BCUT2D eigenvalue weighted by Crippen LogP contribution is 2.30. The largest absolute Gasteiger partial charge is 0.495 e. The van der Waals surface area contributed by atoms with E-state index in [2.05, 4.69) is 14.6 Å². The molecule has 1 aliphatic rings. The smallest absolute Gasteiger partial charge is 0.161 e. The summed E-state index contributed by atoms with van der Waals surface area (Å²) in [5.41, 5.74) is 0.899. The molecule has 5 heteroatoms. The summed E-state index contributed by atoms with van der Waals surface area (Å²) in [4.78, 5) is 0. The molecule has 4 nitrogen and oxygen atoms in total. The van der Waals surface area contributed by atoms with Crippen molar-refractivity contribution in [2.24, 2.45) is 0 Å². The number of rotatable bonds is 2. The van der Waals surface area contributed by atoms with Gasteiger partial charge in [0.1, 0.15) is 11.6 Å². The molecule has 0 aromatic carbocycles. The molecule has 3 heterocycles. The zero-order valence-electron chi connectivity index (χ0n) is 9.80. The van der Waals surface area contributed by atoms with Gasteiger partial charge in [0.25, 0.3) is 0 Å². The Morgan fingerprint density at radius 1 is 1.41 bits per heavy atom. The van der Waals surface area contributed by atoms with Crippen molar-refractivity contribution in [3.63, 3.8) is 0 Å². The van der Waals surface area contributed by atoms with Gasteiger partial charge in [-0.1, -0.05) is 0 Å². The van der Waals surface area contributed by atoms with E-state index in [1.165, 1.54) is 18.6 Å². The summed E-state index contributed by atoms with van der Waals surface area (Å²) in [7, 11) is 1.68. The Morgan fingerprint density at radius 3 is 3.12 bits per heavy atom. The normalized spacial score (nSPS) is 20.6. The maximum atomic E-state index is 5.25. The first-order valence-corrected chi connectivity index (χ1v) is 7.00. The summed E-state index contributed by atoms with van der Waals surface area (Å²) in [5, 5.41) is 8.56. The molecule has 0 spiro atoms. The monoisotopic (exact) mass is 249 g/mol. The molecule has 1 saturated heterocycles. The Balaban J connectivity index is 2.02. The summed E-state index contributed by atoms with van der Waals surface area (Å²) in [5.74, 6) is 4.87. The summed E-state index contributed by atoms with van der Waals surface area (Å²) in [6.45, 7) is 0. The third kappa shape index (κ3) is 1.99. The topological polar surface area (TPSA) is 39.4 Å². The lowest BCUT2D eigenvalue weighted by atomic mass is 10.1. The summed E-state index contributed by atoms with van der Waals surface area (Å²) < 4.78 is 7.32. The van der Waals surface area contributed by atoms with E-state index in [1.807, 2.05) is 30.1 Å². The molecule has 2 aromatic rings. The Morgan fingerprint density at radius 2 is 2.35 bits per heavy atom. The number of aromatic nitrogens is 3. The summed E-state index contributed by atoms with van der Waals surface area (Å²) in [6, 6.07) is 3.87. The Kier molecular flexibility index (Phi) is 2.93. The number of methoxy groups -OCH3 is 1. The second kappa shape index (κ2) is 4.56. The first-order valence-electron chi connectivity index (χ1n) is 5.85. The molecule has 1 atom stereocenters. The molecule has 2 aromatic heterocycles. The van der Waals surface area contributed by atoms with Crippen LogP contribution in [-0.2, 0) is 0 Å². The van der Waals surface area contributed by atoms with Gasteiger partial charge in [0.2, 0.25) is 0 Å². The van der Waals surface area contributed by atoms with Gasteiger partial charge in [-0.3, -0.25) is 4.40 Å². The van der Waals surface area contributed by atoms with Gasteiger partial charge in [-0.15, -0.1) is 10.2 Å². The molecule has 3 rings (SSSR count). The number of thioether (sulfide) groups is 1. The van der Waals surface area contributed by atoms with Crippen LogP contribution >= 0.6 is 11.8 Å². The van der Waals surface area contributed by atoms with E-state index in [1.54, 1.807) is 7.11 Å². The number of ether oxygens (including phenoxy) is 1. The Hall–Kier alpha value is -1.23. The van der Waals surface area contributed by atoms with Crippen LogP contribution in [0.1, 0.15) is 24.6 Å². The van der Waals surface area contributed by atoms with Crippen molar-refractivity contribution in [3.8, 4) is 5.75 Å². The average molecular weight is 249 g/mol. The minimum atomic E-state index is 0.524. The molecule has 0 bridgehead atoms.